The smallest absolute Gasteiger partial charge is 0.256 e. The zero-order chi connectivity index (χ0) is 15.6. The fourth-order valence-corrected chi connectivity index (χ4v) is 1.89. The summed E-state index contributed by atoms with van der Waals surface area (Å²) in [7, 11) is 1.40. The molecule has 21 heavy (non-hydrogen) atoms. The lowest BCUT2D eigenvalue weighted by atomic mass is 10.1. The largest absolute Gasteiger partial charge is 0.399 e. The maximum Gasteiger partial charge on any atom is 0.256 e. The summed E-state index contributed by atoms with van der Waals surface area (Å²) in [5.41, 5.74) is 5.71. The first-order valence-corrected chi connectivity index (χ1v) is 6.13. The number of rotatable bonds is 3. The van der Waals surface area contributed by atoms with Gasteiger partial charge in [0.05, 0.1) is 5.56 Å². The Kier molecular flexibility index (Phi) is 4.16. The van der Waals surface area contributed by atoms with E-state index >= 15 is 0 Å². The third-order valence-corrected chi connectivity index (χ3v) is 2.99. The van der Waals surface area contributed by atoms with E-state index in [2.05, 4.69) is 0 Å². The van der Waals surface area contributed by atoms with E-state index in [0.717, 1.165) is 23.1 Å². The Morgan fingerprint density at radius 1 is 1.10 bits per heavy atom. The molecule has 3 nitrogen and oxygen atoms in total. The number of amides is 1. The molecule has 0 aliphatic carbocycles. The van der Waals surface area contributed by atoms with E-state index < -0.39 is 23.4 Å². The summed E-state index contributed by atoms with van der Waals surface area (Å²) in [5, 5.41) is 0. The number of nitrogens with zero attached hydrogens (tertiary/aromatic N) is 1. The zero-order valence-electron chi connectivity index (χ0n) is 11.2. The monoisotopic (exact) mass is 294 g/mol. The molecule has 110 valence electrons. The van der Waals surface area contributed by atoms with Crippen molar-refractivity contribution in [3.8, 4) is 0 Å². The van der Waals surface area contributed by atoms with Crippen LogP contribution in [0.2, 0.25) is 0 Å². The Hall–Kier alpha value is -2.50. The quantitative estimate of drug-likeness (QED) is 0.885. The number of benzene rings is 2. The molecule has 0 bridgehead atoms. The van der Waals surface area contributed by atoms with Gasteiger partial charge in [-0.15, -0.1) is 0 Å². The number of carbonyl (C=O) groups excluding carboxylic acids is 1. The molecule has 2 N–H and O–H groups in total. The van der Waals surface area contributed by atoms with Crippen LogP contribution in [-0.2, 0) is 6.54 Å². The summed E-state index contributed by atoms with van der Waals surface area (Å²) in [6.45, 7) is -0.112. The van der Waals surface area contributed by atoms with Crippen LogP contribution in [0.4, 0.5) is 18.9 Å². The second kappa shape index (κ2) is 5.87. The second-order valence-corrected chi connectivity index (χ2v) is 4.64. The Bertz CT molecular complexity index is 689. The topological polar surface area (TPSA) is 46.3 Å². The van der Waals surface area contributed by atoms with Crippen LogP contribution in [0.1, 0.15) is 15.9 Å². The Balaban J connectivity index is 2.21. The molecule has 0 aliphatic heterocycles. The second-order valence-electron chi connectivity index (χ2n) is 4.64. The molecule has 2 aromatic carbocycles. The average molecular weight is 294 g/mol. The highest BCUT2D eigenvalue weighted by Crippen LogP contribution is 2.17. The molecule has 0 heterocycles. The van der Waals surface area contributed by atoms with Gasteiger partial charge in [-0.05, 0) is 24.3 Å². The summed E-state index contributed by atoms with van der Waals surface area (Å²) in [5.74, 6) is -2.81. The lowest BCUT2D eigenvalue weighted by Crippen LogP contribution is -2.27. The minimum atomic E-state index is -0.761. The van der Waals surface area contributed by atoms with E-state index in [0.29, 0.717) is 0 Å². The van der Waals surface area contributed by atoms with Crippen molar-refractivity contribution >= 4 is 11.6 Å². The lowest BCUT2D eigenvalue weighted by molar-refractivity contribution is 0.0779. The predicted molar refractivity (Wildman–Crippen MR) is 73.0 cm³/mol. The van der Waals surface area contributed by atoms with Gasteiger partial charge in [-0.2, -0.15) is 0 Å². The van der Waals surface area contributed by atoms with Gasteiger partial charge in [0.2, 0.25) is 0 Å². The van der Waals surface area contributed by atoms with E-state index in [9.17, 15) is 18.0 Å². The molecule has 0 atom stereocenters. The fourth-order valence-electron chi connectivity index (χ4n) is 1.89. The molecule has 0 unspecified atom stereocenters. The van der Waals surface area contributed by atoms with Crippen molar-refractivity contribution < 1.29 is 18.0 Å². The van der Waals surface area contributed by atoms with Gasteiger partial charge in [-0.1, -0.05) is 6.07 Å². The van der Waals surface area contributed by atoms with E-state index in [1.165, 1.54) is 25.2 Å². The third-order valence-electron chi connectivity index (χ3n) is 2.99. The van der Waals surface area contributed by atoms with Crippen molar-refractivity contribution in [2.45, 2.75) is 6.54 Å². The zero-order valence-corrected chi connectivity index (χ0v) is 11.2. The van der Waals surface area contributed by atoms with Gasteiger partial charge in [0.15, 0.2) is 0 Å². The minimum absolute atomic E-state index is 0.112. The minimum Gasteiger partial charge on any atom is -0.399 e. The highest BCUT2D eigenvalue weighted by Gasteiger charge is 2.18. The Morgan fingerprint density at radius 2 is 1.81 bits per heavy atom. The highest BCUT2D eigenvalue weighted by molar-refractivity contribution is 5.95. The van der Waals surface area contributed by atoms with Crippen LogP contribution in [-0.4, -0.2) is 17.9 Å². The Labute approximate surface area is 119 Å². The van der Waals surface area contributed by atoms with Crippen molar-refractivity contribution in [3.05, 3.63) is 65.0 Å². The van der Waals surface area contributed by atoms with Crippen LogP contribution in [0.25, 0.3) is 0 Å². The summed E-state index contributed by atoms with van der Waals surface area (Å²) >= 11 is 0. The molecule has 0 saturated carbocycles. The van der Waals surface area contributed by atoms with Crippen molar-refractivity contribution in [1.82, 2.24) is 4.90 Å². The van der Waals surface area contributed by atoms with Gasteiger partial charge in [0.25, 0.3) is 5.91 Å². The molecule has 0 spiro atoms. The van der Waals surface area contributed by atoms with E-state index in [1.54, 1.807) is 0 Å². The fraction of sp³-hybridized carbons (Fsp3) is 0.133. The predicted octanol–water partition coefficient (Wildman–Crippen LogP) is 2.96. The molecule has 1 amide bonds. The van der Waals surface area contributed by atoms with E-state index in [1.807, 2.05) is 0 Å². The molecule has 2 rings (SSSR count). The van der Waals surface area contributed by atoms with Crippen molar-refractivity contribution in [3.63, 3.8) is 0 Å². The van der Waals surface area contributed by atoms with Gasteiger partial charge in [-0.3, -0.25) is 4.79 Å². The molecule has 2 aromatic rings. The lowest BCUT2D eigenvalue weighted by Gasteiger charge is -2.18. The molecule has 0 aromatic heterocycles. The van der Waals surface area contributed by atoms with Crippen LogP contribution in [0, 0.1) is 17.5 Å². The number of nitrogen functional groups attached to an aromatic ring is 1. The number of hydrogen-bond acceptors (Lipinski definition) is 2. The van der Waals surface area contributed by atoms with Crippen molar-refractivity contribution in [2.75, 3.05) is 12.8 Å². The first-order chi connectivity index (χ1) is 9.88. The molecule has 0 fully saturated rings. The normalized spacial score (nSPS) is 10.5. The van der Waals surface area contributed by atoms with E-state index in [4.69, 9.17) is 5.73 Å². The maximum absolute atomic E-state index is 13.6. The molecular formula is C15H13F3N2O. The Morgan fingerprint density at radius 3 is 2.48 bits per heavy atom. The number of halogens is 3. The molecule has 0 aliphatic rings. The van der Waals surface area contributed by atoms with Crippen molar-refractivity contribution in [1.29, 1.82) is 0 Å². The highest BCUT2D eigenvalue weighted by atomic mass is 19.1. The molecular weight excluding hydrogens is 281 g/mol. The van der Waals surface area contributed by atoms with Crippen LogP contribution in [0.15, 0.2) is 36.4 Å². The van der Waals surface area contributed by atoms with Crippen LogP contribution >= 0.6 is 0 Å². The SMILES string of the molecule is CN(Cc1ccc(F)cc1F)C(=O)c1cc(N)ccc1F. The standard InChI is InChI=1S/C15H13F3N2O/c1-20(8-9-2-3-10(16)6-14(9)18)15(21)12-7-11(19)4-5-13(12)17/h2-7H,8,19H2,1H3. The van der Waals surface area contributed by atoms with Gasteiger partial charge in [0.1, 0.15) is 17.5 Å². The average Bonchev–Trinajstić information content (AvgIpc) is 2.43. The van der Waals surface area contributed by atoms with Gasteiger partial charge >= 0.3 is 0 Å². The third kappa shape index (κ3) is 3.34. The maximum atomic E-state index is 13.6. The summed E-state index contributed by atoms with van der Waals surface area (Å²) in [4.78, 5) is 13.3. The summed E-state index contributed by atoms with van der Waals surface area (Å²) in [6.07, 6.45) is 0. The number of anilines is 1. The first kappa shape index (κ1) is 14.9. The first-order valence-electron chi connectivity index (χ1n) is 6.13. The summed E-state index contributed by atoms with van der Waals surface area (Å²) in [6, 6.07) is 6.71. The van der Waals surface area contributed by atoms with Gasteiger partial charge < -0.3 is 10.6 Å². The van der Waals surface area contributed by atoms with E-state index in [-0.39, 0.29) is 23.4 Å². The number of hydrogen-bond donors (Lipinski definition) is 1. The van der Waals surface area contributed by atoms with Crippen molar-refractivity contribution in [2.24, 2.45) is 0 Å². The van der Waals surface area contributed by atoms with Crippen LogP contribution in [0.3, 0.4) is 0 Å². The number of nitrogens with two attached hydrogens (primary N) is 1. The van der Waals surface area contributed by atoms with Gasteiger partial charge in [0, 0.05) is 30.9 Å². The van der Waals surface area contributed by atoms with Gasteiger partial charge in [-0.25, -0.2) is 13.2 Å². The number of carbonyl (C=O) groups is 1. The van der Waals surface area contributed by atoms with Crippen LogP contribution < -0.4 is 5.73 Å². The van der Waals surface area contributed by atoms with Crippen LogP contribution in [0.5, 0.6) is 0 Å². The molecule has 6 heteroatoms. The molecule has 0 radical (unpaired) electrons. The summed E-state index contributed by atoms with van der Waals surface area (Å²) < 4.78 is 40.0. The molecule has 0 saturated heterocycles.